The number of aromatic amines is 2. The SMILES string of the molecule is O=C(Oc1ccccc1)Oc1n[nH]c(=O)c2nc[nH]c12. The fourth-order valence-corrected chi connectivity index (χ4v) is 1.60. The number of hydrogen-bond acceptors (Lipinski definition) is 6. The Morgan fingerprint density at radius 3 is 2.75 bits per heavy atom. The van der Waals surface area contributed by atoms with E-state index < -0.39 is 11.7 Å². The third-order valence-corrected chi connectivity index (χ3v) is 2.45. The first-order chi connectivity index (χ1) is 9.74. The van der Waals surface area contributed by atoms with E-state index in [1.807, 2.05) is 0 Å². The maximum absolute atomic E-state index is 11.6. The second-order valence-corrected chi connectivity index (χ2v) is 3.75. The highest BCUT2D eigenvalue weighted by molar-refractivity contribution is 5.80. The molecule has 2 aromatic heterocycles. The lowest BCUT2D eigenvalue weighted by molar-refractivity contribution is 0.150. The van der Waals surface area contributed by atoms with Crippen LogP contribution in [-0.4, -0.2) is 26.3 Å². The van der Waals surface area contributed by atoms with Crippen LogP contribution in [0.15, 0.2) is 41.5 Å². The van der Waals surface area contributed by atoms with Crippen LogP contribution in [0.3, 0.4) is 0 Å². The van der Waals surface area contributed by atoms with E-state index in [1.165, 1.54) is 6.33 Å². The van der Waals surface area contributed by atoms with Crippen LogP contribution in [-0.2, 0) is 0 Å². The highest BCUT2D eigenvalue weighted by Gasteiger charge is 2.15. The van der Waals surface area contributed by atoms with Crippen molar-refractivity contribution >= 4 is 17.2 Å². The summed E-state index contributed by atoms with van der Waals surface area (Å²) < 4.78 is 9.88. The van der Waals surface area contributed by atoms with Gasteiger partial charge >= 0.3 is 6.16 Å². The maximum atomic E-state index is 11.6. The molecule has 0 spiro atoms. The first-order valence-electron chi connectivity index (χ1n) is 5.60. The Hall–Kier alpha value is -3.16. The van der Waals surface area contributed by atoms with Crippen LogP contribution < -0.4 is 15.0 Å². The molecule has 100 valence electrons. The highest BCUT2D eigenvalue weighted by atomic mass is 16.7. The van der Waals surface area contributed by atoms with Crippen LogP contribution in [0.4, 0.5) is 4.79 Å². The number of nitrogens with one attached hydrogen (secondary N) is 2. The molecule has 20 heavy (non-hydrogen) atoms. The summed E-state index contributed by atoms with van der Waals surface area (Å²) in [5.41, 5.74) is -0.161. The lowest BCUT2D eigenvalue weighted by atomic mass is 10.3. The molecule has 3 rings (SSSR count). The van der Waals surface area contributed by atoms with Crippen molar-refractivity contribution in [3.63, 3.8) is 0 Å². The average Bonchev–Trinajstić information content (AvgIpc) is 2.93. The predicted molar refractivity (Wildman–Crippen MR) is 67.6 cm³/mol. The molecular weight excluding hydrogens is 264 g/mol. The Balaban J connectivity index is 1.83. The molecule has 0 amide bonds. The molecule has 0 fully saturated rings. The summed E-state index contributed by atoms with van der Waals surface area (Å²) in [6.45, 7) is 0. The third kappa shape index (κ3) is 2.21. The number of aromatic nitrogens is 4. The number of ether oxygens (including phenoxy) is 2. The van der Waals surface area contributed by atoms with Gasteiger partial charge in [0.2, 0.25) is 0 Å². The molecule has 0 radical (unpaired) electrons. The molecule has 0 saturated carbocycles. The number of hydrogen-bond donors (Lipinski definition) is 2. The number of carbonyl (C=O) groups excluding carboxylic acids is 1. The molecule has 0 aliphatic rings. The largest absolute Gasteiger partial charge is 0.520 e. The highest BCUT2D eigenvalue weighted by Crippen LogP contribution is 2.16. The Bertz CT molecular complexity index is 809. The van der Waals surface area contributed by atoms with Gasteiger partial charge in [-0.2, -0.15) is 0 Å². The van der Waals surface area contributed by atoms with Crippen molar-refractivity contribution in [1.82, 2.24) is 20.2 Å². The second-order valence-electron chi connectivity index (χ2n) is 3.75. The van der Waals surface area contributed by atoms with Gasteiger partial charge in [0.1, 0.15) is 11.3 Å². The standard InChI is InChI=1S/C12H8N4O4/c17-10-8-9(14-6-13-8)11(16-15-10)20-12(18)19-7-4-2-1-3-5-7/h1-6H,(H,13,14)(H,15,17). The van der Waals surface area contributed by atoms with Gasteiger partial charge in [0.25, 0.3) is 11.4 Å². The summed E-state index contributed by atoms with van der Waals surface area (Å²) in [7, 11) is 0. The average molecular weight is 272 g/mol. The van der Waals surface area contributed by atoms with Crippen LogP contribution in [0.5, 0.6) is 11.6 Å². The van der Waals surface area contributed by atoms with Gasteiger partial charge in [-0.1, -0.05) is 18.2 Å². The minimum Gasteiger partial charge on any atom is -0.395 e. The number of imidazole rings is 1. The summed E-state index contributed by atoms with van der Waals surface area (Å²) >= 11 is 0. The molecule has 0 unspecified atom stereocenters. The summed E-state index contributed by atoms with van der Waals surface area (Å²) in [6, 6.07) is 8.43. The maximum Gasteiger partial charge on any atom is 0.520 e. The van der Waals surface area contributed by atoms with Gasteiger partial charge in [-0.25, -0.2) is 14.9 Å². The summed E-state index contributed by atoms with van der Waals surface area (Å²) in [5, 5.41) is 5.81. The smallest absolute Gasteiger partial charge is 0.395 e. The topological polar surface area (TPSA) is 110 Å². The van der Waals surface area contributed by atoms with Gasteiger partial charge < -0.3 is 14.5 Å². The minimum atomic E-state index is -0.966. The first-order valence-corrected chi connectivity index (χ1v) is 5.60. The van der Waals surface area contributed by atoms with Crippen molar-refractivity contribution in [2.24, 2.45) is 0 Å². The van der Waals surface area contributed by atoms with Gasteiger partial charge in [-0.3, -0.25) is 4.79 Å². The van der Waals surface area contributed by atoms with E-state index in [0.29, 0.717) is 5.75 Å². The van der Waals surface area contributed by atoms with Crippen LogP contribution in [0, 0.1) is 0 Å². The van der Waals surface area contributed by atoms with E-state index in [4.69, 9.17) is 9.47 Å². The molecule has 0 aliphatic carbocycles. The van der Waals surface area contributed by atoms with Crippen molar-refractivity contribution in [2.45, 2.75) is 0 Å². The van der Waals surface area contributed by atoms with Crippen molar-refractivity contribution < 1.29 is 14.3 Å². The fraction of sp³-hybridized carbons (Fsp3) is 0. The van der Waals surface area contributed by atoms with Crippen molar-refractivity contribution in [2.75, 3.05) is 0 Å². The Labute approximate surface area is 111 Å². The normalized spacial score (nSPS) is 10.4. The van der Waals surface area contributed by atoms with Gasteiger partial charge in [-0.05, 0) is 12.1 Å². The van der Waals surface area contributed by atoms with E-state index in [1.54, 1.807) is 30.3 Å². The number of H-pyrrole nitrogens is 2. The number of benzene rings is 1. The van der Waals surface area contributed by atoms with Crippen molar-refractivity contribution in [3.05, 3.63) is 47.0 Å². The molecule has 3 aromatic rings. The Kier molecular flexibility index (Phi) is 2.88. The summed E-state index contributed by atoms with van der Waals surface area (Å²) in [4.78, 5) is 29.5. The van der Waals surface area contributed by atoms with Gasteiger partial charge in [0.05, 0.1) is 6.33 Å². The number of para-hydroxylation sites is 1. The molecule has 0 bridgehead atoms. The predicted octanol–water partition coefficient (Wildman–Crippen LogP) is 1.22. The van der Waals surface area contributed by atoms with E-state index in [2.05, 4.69) is 20.2 Å². The monoisotopic (exact) mass is 272 g/mol. The van der Waals surface area contributed by atoms with Gasteiger partial charge in [-0.15, -0.1) is 5.10 Å². The van der Waals surface area contributed by atoms with Crippen LogP contribution in [0.25, 0.3) is 11.0 Å². The number of fused-ring (bicyclic) bond motifs is 1. The van der Waals surface area contributed by atoms with Crippen molar-refractivity contribution in [1.29, 1.82) is 0 Å². The van der Waals surface area contributed by atoms with Crippen molar-refractivity contribution in [3.8, 4) is 11.6 Å². The molecule has 2 heterocycles. The molecule has 0 saturated heterocycles. The molecule has 8 nitrogen and oxygen atoms in total. The molecule has 8 heteroatoms. The molecule has 1 aromatic carbocycles. The zero-order chi connectivity index (χ0) is 13.9. The van der Waals surface area contributed by atoms with Crippen LogP contribution >= 0.6 is 0 Å². The second kappa shape index (κ2) is 4.84. The summed E-state index contributed by atoms with van der Waals surface area (Å²) in [5.74, 6) is 0.223. The first kappa shape index (κ1) is 11.9. The molecule has 2 N–H and O–H groups in total. The van der Waals surface area contributed by atoms with E-state index in [0.717, 1.165) is 0 Å². The summed E-state index contributed by atoms with van der Waals surface area (Å²) in [6.07, 6.45) is 0.336. The molecular formula is C12H8N4O4. The zero-order valence-corrected chi connectivity index (χ0v) is 9.99. The number of nitrogens with zero attached hydrogens (tertiary/aromatic N) is 2. The Morgan fingerprint density at radius 2 is 1.95 bits per heavy atom. The lowest BCUT2D eigenvalue weighted by Crippen LogP contribution is -2.17. The van der Waals surface area contributed by atoms with E-state index >= 15 is 0 Å². The zero-order valence-electron chi connectivity index (χ0n) is 9.99. The molecule has 0 aliphatic heterocycles. The Morgan fingerprint density at radius 1 is 1.15 bits per heavy atom. The number of rotatable bonds is 2. The quantitative estimate of drug-likeness (QED) is 0.536. The van der Waals surface area contributed by atoms with Crippen LogP contribution in [0.1, 0.15) is 0 Å². The molecule has 0 atom stereocenters. The van der Waals surface area contributed by atoms with Gasteiger partial charge in [0.15, 0.2) is 5.52 Å². The fourth-order valence-electron chi connectivity index (χ4n) is 1.60. The third-order valence-electron chi connectivity index (χ3n) is 2.45. The lowest BCUT2D eigenvalue weighted by Gasteiger charge is -2.04. The minimum absolute atomic E-state index is 0.0995. The van der Waals surface area contributed by atoms with E-state index in [9.17, 15) is 9.59 Å². The van der Waals surface area contributed by atoms with Crippen LogP contribution in [0.2, 0.25) is 0 Å². The van der Waals surface area contributed by atoms with E-state index in [-0.39, 0.29) is 16.9 Å². The number of carbonyl (C=O) groups is 1. The van der Waals surface area contributed by atoms with Gasteiger partial charge in [0, 0.05) is 0 Å².